The fraction of sp³-hybridized carbons (Fsp3) is 0.778. The summed E-state index contributed by atoms with van der Waals surface area (Å²) >= 11 is 0. The number of carbonyl (C=O) groups is 2. The molecule has 1 atom stereocenters. The molecular weight excluding hydrogens is 172 g/mol. The van der Waals surface area contributed by atoms with Crippen LogP contribution >= 0.6 is 0 Å². The van der Waals surface area contributed by atoms with Crippen LogP contribution in [-0.2, 0) is 9.59 Å². The first-order chi connectivity index (χ1) is 5.81. The van der Waals surface area contributed by atoms with Crippen LogP contribution in [0.25, 0.3) is 0 Å². The number of carbonyl (C=O) groups excluding carboxylic acids is 1. The van der Waals surface area contributed by atoms with Crippen molar-refractivity contribution in [3.63, 3.8) is 0 Å². The van der Waals surface area contributed by atoms with E-state index in [0.717, 1.165) is 0 Å². The molecule has 13 heavy (non-hydrogen) atoms. The zero-order chi connectivity index (χ0) is 10.6. The van der Waals surface area contributed by atoms with Crippen LogP contribution in [0.5, 0.6) is 0 Å². The molecule has 0 aromatic carbocycles. The van der Waals surface area contributed by atoms with Gasteiger partial charge < -0.3 is 10.2 Å². The Labute approximate surface area is 77.6 Å². The topological polar surface area (TPSA) is 74.6 Å². The molecule has 0 aromatic heterocycles. The van der Waals surface area contributed by atoms with E-state index in [4.69, 9.17) is 10.2 Å². The summed E-state index contributed by atoms with van der Waals surface area (Å²) in [4.78, 5) is 21.6. The maximum absolute atomic E-state index is 11.4. The number of hydrogen-bond donors (Lipinski definition) is 2. The molecule has 4 nitrogen and oxygen atoms in total. The summed E-state index contributed by atoms with van der Waals surface area (Å²) in [6.45, 7) is 5.33. The van der Waals surface area contributed by atoms with Crippen LogP contribution in [0.4, 0.5) is 0 Å². The summed E-state index contributed by atoms with van der Waals surface area (Å²) in [6, 6.07) is 0. The third-order valence-electron chi connectivity index (χ3n) is 2.30. The lowest BCUT2D eigenvalue weighted by Gasteiger charge is -2.21. The van der Waals surface area contributed by atoms with Crippen LogP contribution in [0.2, 0.25) is 0 Å². The summed E-state index contributed by atoms with van der Waals surface area (Å²) in [5.74, 6) is -1.56. The standard InChI is InChI=1S/C9H16O4/c1-4-9(2,3)7(11)5-6(10)8(12)13/h6,10H,4-5H2,1-3H3,(H,12,13)/t6-/m0/s1. The first-order valence-electron chi connectivity index (χ1n) is 4.25. The quantitative estimate of drug-likeness (QED) is 0.670. The van der Waals surface area contributed by atoms with E-state index in [0.29, 0.717) is 6.42 Å². The molecule has 76 valence electrons. The number of hydrogen-bond acceptors (Lipinski definition) is 3. The molecule has 4 heteroatoms. The largest absolute Gasteiger partial charge is 0.479 e. The highest BCUT2D eigenvalue weighted by molar-refractivity contribution is 5.88. The first kappa shape index (κ1) is 12.1. The van der Waals surface area contributed by atoms with Crippen LogP contribution in [-0.4, -0.2) is 28.1 Å². The van der Waals surface area contributed by atoms with Gasteiger partial charge in [-0.05, 0) is 6.42 Å². The number of carboxylic acid groups (broad SMARTS) is 1. The molecule has 0 rings (SSSR count). The van der Waals surface area contributed by atoms with Gasteiger partial charge in [0.05, 0.1) is 0 Å². The van der Waals surface area contributed by atoms with Gasteiger partial charge in [-0.3, -0.25) is 4.79 Å². The van der Waals surface area contributed by atoms with E-state index < -0.39 is 17.5 Å². The number of aliphatic hydroxyl groups excluding tert-OH is 1. The minimum atomic E-state index is -1.57. The highest BCUT2D eigenvalue weighted by Gasteiger charge is 2.29. The minimum Gasteiger partial charge on any atom is -0.479 e. The lowest BCUT2D eigenvalue weighted by molar-refractivity contribution is -0.150. The van der Waals surface area contributed by atoms with E-state index >= 15 is 0 Å². The summed E-state index contributed by atoms with van der Waals surface area (Å²) in [6.07, 6.45) is -1.24. The third kappa shape index (κ3) is 3.55. The Balaban J connectivity index is 4.23. The average molecular weight is 188 g/mol. The Morgan fingerprint density at radius 2 is 1.85 bits per heavy atom. The molecule has 0 amide bonds. The second kappa shape index (κ2) is 4.37. The van der Waals surface area contributed by atoms with Crippen molar-refractivity contribution in [3.05, 3.63) is 0 Å². The van der Waals surface area contributed by atoms with Crippen LogP contribution in [0.1, 0.15) is 33.6 Å². The third-order valence-corrected chi connectivity index (χ3v) is 2.30. The Morgan fingerprint density at radius 3 is 2.15 bits per heavy atom. The van der Waals surface area contributed by atoms with E-state index in [-0.39, 0.29) is 12.2 Å². The van der Waals surface area contributed by atoms with Crippen molar-refractivity contribution < 1.29 is 19.8 Å². The molecule has 2 N–H and O–H groups in total. The van der Waals surface area contributed by atoms with Crippen molar-refractivity contribution in [2.75, 3.05) is 0 Å². The van der Waals surface area contributed by atoms with Crippen molar-refractivity contribution in [1.29, 1.82) is 0 Å². The van der Waals surface area contributed by atoms with Crippen molar-refractivity contribution in [2.45, 2.75) is 39.7 Å². The number of ketones is 1. The minimum absolute atomic E-state index is 0.218. The predicted octanol–water partition coefficient (Wildman–Crippen LogP) is 0.827. The van der Waals surface area contributed by atoms with Gasteiger partial charge in [0.1, 0.15) is 5.78 Å². The summed E-state index contributed by atoms with van der Waals surface area (Å²) in [5, 5.41) is 17.3. The summed E-state index contributed by atoms with van der Waals surface area (Å²) in [7, 11) is 0. The van der Waals surface area contributed by atoms with E-state index in [2.05, 4.69) is 0 Å². The van der Waals surface area contributed by atoms with Gasteiger partial charge in [0.15, 0.2) is 6.10 Å². The molecule has 0 unspecified atom stereocenters. The average Bonchev–Trinajstić information content (AvgIpc) is 2.04. The Morgan fingerprint density at radius 1 is 1.38 bits per heavy atom. The lowest BCUT2D eigenvalue weighted by Crippen LogP contribution is -2.31. The molecule has 0 radical (unpaired) electrons. The fourth-order valence-electron chi connectivity index (χ4n) is 0.736. The van der Waals surface area contributed by atoms with Crippen molar-refractivity contribution in [3.8, 4) is 0 Å². The molecule has 0 saturated carbocycles. The second-order valence-electron chi connectivity index (χ2n) is 3.72. The molecule has 0 aliphatic heterocycles. The van der Waals surface area contributed by atoms with Gasteiger partial charge in [0.2, 0.25) is 0 Å². The van der Waals surface area contributed by atoms with Crippen molar-refractivity contribution in [2.24, 2.45) is 5.41 Å². The number of rotatable bonds is 5. The highest BCUT2D eigenvalue weighted by atomic mass is 16.4. The zero-order valence-corrected chi connectivity index (χ0v) is 8.20. The summed E-state index contributed by atoms with van der Waals surface area (Å²) in [5.41, 5.74) is -0.545. The van der Waals surface area contributed by atoms with E-state index in [1.54, 1.807) is 13.8 Å². The molecular formula is C9H16O4. The van der Waals surface area contributed by atoms with Crippen molar-refractivity contribution in [1.82, 2.24) is 0 Å². The molecule has 0 aromatic rings. The smallest absolute Gasteiger partial charge is 0.332 e. The van der Waals surface area contributed by atoms with Gasteiger partial charge >= 0.3 is 5.97 Å². The monoisotopic (exact) mass is 188 g/mol. The molecule has 0 bridgehead atoms. The molecule has 0 saturated heterocycles. The second-order valence-corrected chi connectivity index (χ2v) is 3.72. The van der Waals surface area contributed by atoms with E-state index in [9.17, 15) is 9.59 Å². The molecule has 0 spiro atoms. The Hall–Kier alpha value is -0.900. The normalized spacial score (nSPS) is 13.8. The molecule has 0 fully saturated rings. The summed E-state index contributed by atoms with van der Waals surface area (Å²) < 4.78 is 0. The van der Waals surface area contributed by atoms with Gasteiger partial charge in [-0.15, -0.1) is 0 Å². The maximum Gasteiger partial charge on any atom is 0.332 e. The van der Waals surface area contributed by atoms with Gasteiger partial charge in [0.25, 0.3) is 0 Å². The van der Waals surface area contributed by atoms with Crippen molar-refractivity contribution >= 4 is 11.8 Å². The number of carboxylic acids is 1. The fourth-order valence-corrected chi connectivity index (χ4v) is 0.736. The van der Waals surface area contributed by atoms with Gasteiger partial charge in [-0.2, -0.15) is 0 Å². The Bertz CT molecular complexity index is 208. The predicted molar refractivity (Wildman–Crippen MR) is 47.3 cm³/mol. The lowest BCUT2D eigenvalue weighted by atomic mass is 9.83. The molecule has 0 aliphatic rings. The SMILES string of the molecule is CCC(C)(C)C(=O)C[C@H](O)C(=O)O. The van der Waals surface area contributed by atoms with Crippen LogP contribution in [0, 0.1) is 5.41 Å². The highest BCUT2D eigenvalue weighted by Crippen LogP contribution is 2.23. The van der Waals surface area contributed by atoms with Gasteiger partial charge in [-0.1, -0.05) is 20.8 Å². The first-order valence-corrected chi connectivity index (χ1v) is 4.25. The molecule has 0 heterocycles. The Kier molecular flexibility index (Phi) is 4.07. The number of Topliss-reactive ketones (excluding diaryl/α,β-unsaturated/α-hetero) is 1. The maximum atomic E-state index is 11.4. The van der Waals surface area contributed by atoms with E-state index in [1.165, 1.54) is 0 Å². The number of aliphatic carboxylic acids is 1. The molecule has 0 aliphatic carbocycles. The van der Waals surface area contributed by atoms with Crippen LogP contribution < -0.4 is 0 Å². The van der Waals surface area contributed by atoms with Gasteiger partial charge in [-0.25, -0.2) is 4.79 Å². The zero-order valence-electron chi connectivity index (χ0n) is 8.20. The number of aliphatic hydroxyl groups is 1. The van der Waals surface area contributed by atoms with Gasteiger partial charge in [0, 0.05) is 11.8 Å². The van der Waals surface area contributed by atoms with Crippen LogP contribution in [0.3, 0.4) is 0 Å². The van der Waals surface area contributed by atoms with Crippen LogP contribution in [0.15, 0.2) is 0 Å². The van der Waals surface area contributed by atoms with E-state index in [1.807, 2.05) is 6.92 Å².